The minimum atomic E-state index is 0.663. The summed E-state index contributed by atoms with van der Waals surface area (Å²) >= 11 is 0. The Morgan fingerprint density at radius 3 is 2.71 bits per heavy atom. The average molecular weight is 226 g/mol. The van der Waals surface area contributed by atoms with Crippen LogP contribution in [0, 0.1) is 20.8 Å². The maximum atomic E-state index is 5.58. The number of imidazole rings is 1. The second kappa shape index (κ2) is 3.48. The van der Waals surface area contributed by atoms with Crippen LogP contribution in [0.25, 0.3) is 17.1 Å². The Balaban J connectivity index is 2.19. The highest BCUT2D eigenvalue weighted by Crippen LogP contribution is 2.23. The zero-order chi connectivity index (χ0) is 12.0. The van der Waals surface area contributed by atoms with Crippen LogP contribution in [-0.4, -0.2) is 9.38 Å². The fourth-order valence-corrected chi connectivity index (χ4v) is 2.00. The number of fused-ring (bicyclic) bond motifs is 1. The van der Waals surface area contributed by atoms with Gasteiger partial charge in [-0.05, 0) is 26.8 Å². The van der Waals surface area contributed by atoms with Gasteiger partial charge in [0.15, 0.2) is 0 Å². The molecule has 1 aromatic carbocycles. The number of aromatic nitrogens is 2. The van der Waals surface area contributed by atoms with Gasteiger partial charge in [-0.3, -0.25) is 4.40 Å². The molecule has 0 saturated carbocycles. The predicted octanol–water partition coefficient (Wildman–Crippen LogP) is 3.52. The molecule has 0 unspecified atom stereocenters. The molecule has 17 heavy (non-hydrogen) atoms. The molecular formula is C14H14N2O. The van der Waals surface area contributed by atoms with Gasteiger partial charge in [0.05, 0.1) is 11.4 Å². The van der Waals surface area contributed by atoms with E-state index in [2.05, 4.69) is 30.1 Å². The Morgan fingerprint density at radius 2 is 2.00 bits per heavy atom. The third-order valence-corrected chi connectivity index (χ3v) is 3.10. The van der Waals surface area contributed by atoms with Crippen LogP contribution in [0.2, 0.25) is 0 Å². The van der Waals surface area contributed by atoms with Crippen LogP contribution in [0.5, 0.6) is 0 Å². The summed E-state index contributed by atoms with van der Waals surface area (Å²) in [5, 5.41) is 0. The van der Waals surface area contributed by atoms with Crippen molar-refractivity contribution in [2.75, 3.05) is 0 Å². The Bertz CT molecular complexity index is 691. The second-order valence-corrected chi connectivity index (χ2v) is 4.39. The van der Waals surface area contributed by atoms with Gasteiger partial charge >= 0.3 is 5.84 Å². The van der Waals surface area contributed by atoms with Gasteiger partial charge in [0.1, 0.15) is 5.76 Å². The summed E-state index contributed by atoms with van der Waals surface area (Å²) in [6.07, 6.45) is 2.02. The summed E-state index contributed by atoms with van der Waals surface area (Å²) in [6.45, 7) is 6.07. The second-order valence-electron chi connectivity index (χ2n) is 4.39. The molecule has 3 heteroatoms. The molecule has 0 aliphatic carbocycles. The van der Waals surface area contributed by atoms with E-state index in [1.54, 1.807) is 0 Å². The van der Waals surface area contributed by atoms with Crippen molar-refractivity contribution in [1.29, 1.82) is 0 Å². The molecule has 3 aromatic rings. The largest absolute Gasteiger partial charge is 0.428 e. The first kappa shape index (κ1) is 10.1. The molecule has 0 aliphatic heterocycles. The van der Waals surface area contributed by atoms with Crippen LogP contribution in [-0.2, 0) is 0 Å². The number of hydrogen-bond donors (Lipinski definition) is 0. The lowest BCUT2D eigenvalue weighted by Crippen LogP contribution is -1.82. The Kier molecular flexibility index (Phi) is 2.08. The van der Waals surface area contributed by atoms with Gasteiger partial charge in [0.25, 0.3) is 0 Å². The number of benzene rings is 1. The SMILES string of the molecule is Cc1cccc(-c2cn3c(C)c(C)oc3n2)c1. The van der Waals surface area contributed by atoms with Gasteiger partial charge in [-0.1, -0.05) is 23.8 Å². The molecule has 0 radical (unpaired) electrons. The van der Waals surface area contributed by atoms with Crippen molar-refractivity contribution in [3.8, 4) is 11.3 Å². The van der Waals surface area contributed by atoms with E-state index in [-0.39, 0.29) is 0 Å². The van der Waals surface area contributed by atoms with Crippen molar-refractivity contribution >= 4 is 5.84 Å². The lowest BCUT2D eigenvalue weighted by Gasteiger charge is -1.97. The zero-order valence-electron chi connectivity index (χ0n) is 10.2. The number of nitrogens with zero attached hydrogens (tertiary/aromatic N) is 2. The molecule has 0 spiro atoms. The third kappa shape index (κ3) is 1.55. The van der Waals surface area contributed by atoms with Gasteiger partial charge in [0, 0.05) is 11.8 Å². The molecule has 3 rings (SSSR count). The third-order valence-electron chi connectivity index (χ3n) is 3.10. The van der Waals surface area contributed by atoms with Crippen LogP contribution in [0.1, 0.15) is 17.0 Å². The van der Waals surface area contributed by atoms with E-state index >= 15 is 0 Å². The summed E-state index contributed by atoms with van der Waals surface area (Å²) < 4.78 is 7.58. The topological polar surface area (TPSA) is 30.4 Å². The zero-order valence-corrected chi connectivity index (χ0v) is 10.2. The maximum Gasteiger partial charge on any atom is 0.306 e. The molecular weight excluding hydrogens is 212 g/mol. The smallest absolute Gasteiger partial charge is 0.306 e. The summed E-state index contributed by atoms with van der Waals surface area (Å²) in [6, 6.07) is 8.32. The van der Waals surface area contributed by atoms with Crippen LogP contribution in [0.3, 0.4) is 0 Å². The summed E-state index contributed by atoms with van der Waals surface area (Å²) in [5.41, 5.74) is 4.42. The highest BCUT2D eigenvalue weighted by molar-refractivity contribution is 5.62. The van der Waals surface area contributed by atoms with Crippen molar-refractivity contribution in [2.45, 2.75) is 20.8 Å². The van der Waals surface area contributed by atoms with Gasteiger partial charge in [-0.25, -0.2) is 0 Å². The Hall–Kier alpha value is -2.03. The van der Waals surface area contributed by atoms with E-state index in [4.69, 9.17) is 4.42 Å². The van der Waals surface area contributed by atoms with E-state index < -0.39 is 0 Å². The molecule has 2 aromatic heterocycles. The standard InChI is InChI=1S/C14H14N2O/c1-9-5-4-6-12(7-9)13-8-16-10(2)11(3)17-14(16)15-13/h4-8H,1-3H3. The Labute approximate surface area is 99.7 Å². The van der Waals surface area contributed by atoms with Gasteiger partial charge < -0.3 is 4.42 Å². The van der Waals surface area contributed by atoms with Gasteiger partial charge in [0.2, 0.25) is 0 Å². The molecule has 0 bridgehead atoms. The fraction of sp³-hybridized carbons (Fsp3) is 0.214. The first-order valence-corrected chi connectivity index (χ1v) is 5.67. The van der Waals surface area contributed by atoms with Crippen molar-refractivity contribution < 1.29 is 4.42 Å². The van der Waals surface area contributed by atoms with Crippen molar-refractivity contribution in [2.24, 2.45) is 0 Å². The first-order chi connectivity index (χ1) is 8.15. The molecule has 0 amide bonds. The van der Waals surface area contributed by atoms with E-state index in [1.807, 2.05) is 30.5 Å². The van der Waals surface area contributed by atoms with E-state index in [1.165, 1.54) is 5.56 Å². The van der Waals surface area contributed by atoms with Crippen molar-refractivity contribution in [1.82, 2.24) is 9.38 Å². The van der Waals surface area contributed by atoms with E-state index in [9.17, 15) is 0 Å². The normalized spacial score (nSPS) is 11.2. The average Bonchev–Trinajstić information content (AvgIpc) is 2.81. The highest BCUT2D eigenvalue weighted by Gasteiger charge is 2.11. The van der Waals surface area contributed by atoms with Crippen LogP contribution < -0.4 is 0 Å². The Morgan fingerprint density at radius 1 is 1.18 bits per heavy atom. The fourth-order valence-electron chi connectivity index (χ4n) is 2.00. The van der Waals surface area contributed by atoms with Crippen LogP contribution in [0.15, 0.2) is 34.9 Å². The number of oxazole rings is 1. The van der Waals surface area contributed by atoms with Crippen molar-refractivity contribution in [3.63, 3.8) is 0 Å². The maximum absolute atomic E-state index is 5.58. The number of rotatable bonds is 1. The lowest BCUT2D eigenvalue weighted by atomic mass is 10.1. The van der Waals surface area contributed by atoms with E-state index in [0.717, 1.165) is 22.7 Å². The summed E-state index contributed by atoms with van der Waals surface area (Å²) in [5.74, 6) is 1.58. The number of hydrogen-bond acceptors (Lipinski definition) is 2. The monoisotopic (exact) mass is 226 g/mol. The molecule has 0 atom stereocenters. The molecule has 3 nitrogen and oxygen atoms in total. The van der Waals surface area contributed by atoms with Crippen LogP contribution in [0.4, 0.5) is 0 Å². The quantitative estimate of drug-likeness (QED) is 0.635. The van der Waals surface area contributed by atoms with E-state index in [0.29, 0.717) is 5.84 Å². The summed E-state index contributed by atoms with van der Waals surface area (Å²) in [7, 11) is 0. The minimum Gasteiger partial charge on any atom is -0.428 e. The molecule has 0 fully saturated rings. The van der Waals surface area contributed by atoms with Crippen molar-refractivity contribution in [3.05, 3.63) is 47.5 Å². The van der Waals surface area contributed by atoms with Crippen LogP contribution >= 0.6 is 0 Å². The first-order valence-electron chi connectivity index (χ1n) is 5.67. The highest BCUT2D eigenvalue weighted by atomic mass is 16.4. The summed E-state index contributed by atoms with van der Waals surface area (Å²) in [4.78, 5) is 4.50. The molecule has 2 heterocycles. The van der Waals surface area contributed by atoms with Gasteiger partial charge in [-0.2, -0.15) is 4.98 Å². The lowest BCUT2D eigenvalue weighted by molar-refractivity contribution is 0.561. The minimum absolute atomic E-state index is 0.663. The molecule has 0 aliphatic rings. The molecule has 0 N–H and O–H groups in total. The predicted molar refractivity (Wildman–Crippen MR) is 67.1 cm³/mol. The number of aryl methyl sites for hydroxylation is 3. The molecule has 0 saturated heterocycles. The van der Waals surface area contributed by atoms with Gasteiger partial charge in [-0.15, -0.1) is 0 Å². The molecule has 86 valence electrons.